The van der Waals surface area contributed by atoms with Crippen LogP contribution in [0.4, 0.5) is 0 Å². The second-order valence-corrected chi connectivity index (χ2v) is 6.01. The number of carbonyl (C=O) groups excluding carboxylic acids is 2. The van der Waals surface area contributed by atoms with Gasteiger partial charge in [0.25, 0.3) is 0 Å². The molecule has 2 rings (SSSR count). The second-order valence-electron chi connectivity index (χ2n) is 6.01. The molecule has 1 aromatic rings. The zero-order valence-electron chi connectivity index (χ0n) is 14.7. The Labute approximate surface area is 155 Å². The molecule has 1 saturated heterocycles. The van der Waals surface area contributed by atoms with Crippen molar-refractivity contribution in [1.82, 2.24) is 10.2 Å². The third-order valence-corrected chi connectivity index (χ3v) is 4.18. The molecule has 0 saturated carbocycles. The van der Waals surface area contributed by atoms with E-state index in [1.165, 1.54) is 0 Å². The average Bonchev–Trinajstić information content (AvgIpc) is 2.61. The maximum absolute atomic E-state index is 12.5. The Morgan fingerprint density at radius 2 is 2.04 bits per heavy atom. The Balaban J connectivity index is 0.00000312. The highest BCUT2D eigenvalue weighted by Crippen LogP contribution is 2.18. The molecule has 1 aliphatic rings. The van der Waals surface area contributed by atoms with E-state index in [0.29, 0.717) is 32.7 Å². The van der Waals surface area contributed by atoms with Gasteiger partial charge >= 0.3 is 0 Å². The van der Waals surface area contributed by atoms with E-state index in [1.807, 2.05) is 31.2 Å². The number of likely N-dealkylation sites (tertiary alicyclic amines) is 1. The first-order valence-corrected chi connectivity index (χ1v) is 8.61. The van der Waals surface area contributed by atoms with Crippen LogP contribution < -0.4 is 15.8 Å². The van der Waals surface area contributed by atoms with Crippen LogP contribution in [0.3, 0.4) is 0 Å². The summed E-state index contributed by atoms with van der Waals surface area (Å²) in [6.45, 7) is 4.69. The zero-order chi connectivity index (χ0) is 17.4. The minimum absolute atomic E-state index is 0. The number of nitrogens with zero attached hydrogens (tertiary/aromatic N) is 1. The van der Waals surface area contributed by atoms with Gasteiger partial charge in [0.05, 0.1) is 18.9 Å². The quantitative estimate of drug-likeness (QED) is 0.760. The fourth-order valence-electron chi connectivity index (χ4n) is 2.91. The number of ether oxygens (including phenoxy) is 1. The molecule has 2 amide bonds. The molecule has 25 heavy (non-hydrogen) atoms. The summed E-state index contributed by atoms with van der Waals surface area (Å²) in [6.07, 6.45) is 2.03. The number of hydrogen-bond acceptors (Lipinski definition) is 4. The first-order valence-electron chi connectivity index (χ1n) is 8.61. The molecular formula is C18H28ClN3O3. The van der Waals surface area contributed by atoms with Crippen LogP contribution in [-0.4, -0.2) is 49.5 Å². The molecule has 0 radical (unpaired) electrons. The Morgan fingerprint density at radius 3 is 2.68 bits per heavy atom. The van der Waals surface area contributed by atoms with E-state index in [2.05, 4.69) is 5.32 Å². The van der Waals surface area contributed by atoms with Gasteiger partial charge < -0.3 is 20.7 Å². The predicted octanol–water partition coefficient (Wildman–Crippen LogP) is 1.36. The van der Waals surface area contributed by atoms with Gasteiger partial charge in [-0.15, -0.1) is 12.4 Å². The average molecular weight is 370 g/mol. The molecule has 6 nitrogen and oxygen atoms in total. The number of nitrogens with two attached hydrogens (primary N) is 1. The maximum atomic E-state index is 12.5. The molecule has 3 N–H and O–H groups in total. The van der Waals surface area contributed by atoms with E-state index in [0.717, 1.165) is 30.7 Å². The van der Waals surface area contributed by atoms with Crippen molar-refractivity contribution < 1.29 is 14.3 Å². The van der Waals surface area contributed by atoms with Crippen LogP contribution in [0.1, 0.15) is 25.3 Å². The van der Waals surface area contributed by atoms with Gasteiger partial charge in [-0.3, -0.25) is 9.59 Å². The van der Waals surface area contributed by atoms with Gasteiger partial charge in [-0.05, 0) is 37.5 Å². The number of carbonyl (C=O) groups is 2. The minimum Gasteiger partial charge on any atom is -0.494 e. The fourth-order valence-corrected chi connectivity index (χ4v) is 2.91. The number of hydrogen-bond donors (Lipinski definition) is 2. The van der Waals surface area contributed by atoms with Crippen molar-refractivity contribution >= 4 is 24.2 Å². The van der Waals surface area contributed by atoms with Crippen molar-refractivity contribution in [3.05, 3.63) is 29.8 Å². The normalized spacial score (nSPS) is 16.7. The van der Waals surface area contributed by atoms with E-state index in [9.17, 15) is 9.59 Å². The fraction of sp³-hybridized carbons (Fsp3) is 0.556. The number of piperidine rings is 1. The smallest absolute Gasteiger partial charge is 0.227 e. The lowest BCUT2D eigenvalue weighted by Crippen LogP contribution is -2.46. The number of rotatable bonds is 7. The van der Waals surface area contributed by atoms with Crippen LogP contribution in [0.5, 0.6) is 5.75 Å². The summed E-state index contributed by atoms with van der Waals surface area (Å²) in [4.78, 5) is 26.4. The van der Waals surface area contributed by atoms with Crippen molar-refractivity contribution in [2.24, 2.45) is 11.7 Å². The van der Waals surface area contributed by atoms with Crippen molar-refractivity contribution in [2.45, 2.75) is 26.2 Å². The van der Waals surface area contributed by atoms with Gasteiger partial charge in [-0.1, -0.05) is 12.1 Å². The lowest BCUT2D eigenvalue weighted by Gasteiger charge is -2.32. The highest BCUT2D eigenvalue weighted by Gasteiger charge is 2.28. The van der Waals surface area contributed by atoms with E-state index in [-0.39, 0.29) is 30.1 Å². The monoisotopic (exact) mass is 369 g/mol. The van der Waals surface area contributed by atoms with E-state index >= 15 is 0 Å². The Hall–Kier alpha value is -1.79. The molecule has 140 valence electrons. The van der Waals surface area contributed by atoms with Gasteiger partial charge in [-0.25, -0.2) is 0 Å². The second kappa shape index (κ2) is 10.9. The Bertz CT molecular complexity index is 551. The molecule has 0 aromatic heterocycles. The van der Waals surface area contributed by atoms with Gasteiger partial charge in [0, 0.05) is 26.2 Å². The standard InChI is InChI=1S/C18H27N3O3.ClH/c1-2-24-16-7-5-14(6-8-16)12-17(22)21-11-3-4-15(13-21)18(23)20-10-9-19;/h5-8,15H,2-4,9-13,19H2,1H3,(H,20,23);1H. The van der Waals surface area contributed by atoms with Crippen molar-refractivity contribution in [3.8, 4) is 5.75 Å². The molecule has 1 aromatic carbocycles. The number of amides is 2. The Kier molecular flexibility index (Phi) is 9.31. The summed E-state index contributed by atoms with van der Waals surface area (Å²) in [6, 6.07) is 7.59. The number of halogens is 1. The Morgan fingerprint density at radius 1 is 1.32 bits per heavy atom. The molecule has 1 atom stereocenters. The van der Waals surface area contributed by atoms with Crippen LogP contribution in [-0.2, 0) is 16.0 Å². The van der Waals surface area contributed by atoms with Crippen LogP contribution in [0.2, 0.25) is 0 Å². The molecule has 7 heteroatoms. The first kappa shape index (κ1) is 21.3. The summed E-state index contributed by atoms with van der Waals surface area (Å²) in [7, 11) is 0. The van der Waals surface area contributed by atoms with Crippen molar-refractivity contribution in [2.75, 3.05) is 32.8 Å². The van der Waals surface area contributed by atoms with E-state index < -0.39 is 0 Å². The van der Waals surface area contributed by atoms with Crippen molar-refractivity contribution in [1.29, 1.82) is 0 Å². The number of nitrogens with one attached hydrogen (secondary N) is 1. The zero-order valence-corrected chi connectivity index (χ0v) is 15.5. The molecule has 1 fully saturated rings. The van der Waals surface area contributed by atoms with Crippen LogP contribution >= 0.6 is 12.4 Å². The SMILES string of the molecule is CCOc1ccc(CC(=O)N2CCCC(C(=O)NCCN)C2)cc1.Cl. The summed E-state index contributed by atoms with van der Waals surface area (Å²) >= 11 is 0. The van der Waals surface area contributed by atoms with Gasteiger partial charge in [0.15, 0.2) is 0 Å². The molecule has 1 aliphatic heterocycles. The third kappa shape index (κ3) is 6.55. The highest BCUT2D eigenvalue weighted by atomic mass is 35.5. The highest BCUT2D eigenvalue weighted by molar-refractivity contribution is 5.85. The van der Waals surface area contributed by atoms with Gasteiger partial charge in [0.2, 0.25) is 11.8 Å². The first-order chi connectivity index (χ1) is 11.6. The van der Waals surface area contributed by atoms with E-state index in [1.54, 1.807) is 4.90 Å². The molecule has 1 heterocycles. The lowest BCUT2D eigenvalue weighted by atomic mass is 9.96. The van der Waals surface area contributed by atoms with E-state index in [4.69, 9.17) is 10.5 Å². The maximum Gasteiger partial charge on any atom is 0.227 e. The van der Waals surface area contributed by atoms with Crippen molar-refractivity contribution in [3.63, 3.8) is 0 Å². The molecule has 0 aliphatic carbocycles. The predicted molar refractivity (Wildman–Crippen MR) is 99.9 cm³/mol. The largest absolute Gasteiger partial charge is 0.494 e. The summed E-state index contributed by atoms with van der Waals surface area (Å²) in [5, 5.41) is 2.81. The topological polar surface area (TPSA) is 84.7 Å². The number of benzene rings is 1. The summed E-state index contributed by atoms with van der Waals surface area (Å²) in [5.41, 5.74) is 6.37. The lowest BCUT2D eigenvalue weighted by molar-refractivity contribution is -0.135. The van der Waals surface area contributed by atoms with Crippen LogP contribution in [0.15, 0.2) is 24.3 Å². The third-order valence-electron chi connectivity index (χ3n) is 4.18. The summed E-state index contributed by atoms with van der Waals surface area (Å²) in [5.74, 6) is 0.743. The minimum atomic E-state index is -0.130. The molecule has 0 spiro atoms. The molecular weight excluding hydrogens is 342 g/mol. The van der Waals surface area contributed by atoms with Crippen LogP contribution in [0, 0.1) is 5.92 Å². The molecule has 1 unspecified atom stereocenters. The van der Waals surface area contributed by atoms with Crippen LogP contribution in [0.25, 0.3) is 0 Å². The molecule has 0 bridgehead atoms. The summed E-state index contributed by atoms with van der Waals surface area (Å²) < 4.78 is 5.41. The van der Waals surface area contributed by atoms with Gasteiger partial charge in [-0.2, -0.15) is 0 Å². The van der Waals surface area contributed by atoms with Gasteiger partial charge in [0.1, 0.15) is 5.75 Å².